The Morgan fingerprint density at radius 3 is 1.97 bits per heavy atom. The Morgan fingerprint density at radius 1 is 1.03 bits per heavy atom. The molecule has 0 spiro atoms. The molecule has 1 saturated carbocycles. The van der Waals surface area contributed by atoms with Gasteiger partial charge in [-0.3, -0.25) is 9.52 Å². The molecular formula is C25H31F3N2O5S. The molecule has 198 valence electrons. The fraction of sp³-hybridized carbons (Fsp3) is 0.440. The van der Waals surface area contributed by atoms with Gasteiger partial charge < -0.3 is 10.4 Å². The van der Waals surface area contributed by atoms with Crippen molar-refractivity contribution in [3.63, 3.8) is 0 Å². The van der Waals surface area contributed by atoms with Crippen LogP contribution in [0.2, 0.25) is 0 Å². The van der Waals surface area contributed by atoms with Crippen LogP contribution >= 0.6 is 0 Å². The van der Waals surface area contributed by atoms with E-state index in [9.17, 15) is 26.4 Å². The summed E-state index contributed by atoms with van der Waals surface area (Å²) in [5.74, 6) is -2.13. The lowest BCUT2D eigenvalue weighted by Gasteiger charge is -2.17. The fourth-order valence-corrected chi connectivity index (χ4v) is 4.45. The van der Waals surface area contributed by atoms with Crippen molar-refractivity contribution in [2.24, 2.45) is 5.92 Å². The Hall–Kier alpha value is -3.08. The zero-order valence-corrected chi connectivity index (χ0v) is 21.2. The molecule has 0 aromatic heterocycles. The van der Waals surface area contributed by atoms with E-state index in [-0.39, 0.29) is 10.8 Å². The zero-order valence-electron chi connectivity index (χ0n) is 20.4. The zero-order chi connectivity index (χ0) is 27.1. The Morgan fingerprint density at radius 2 is 1.56 bits per heavy atom. The lowest BCUT2D eigenvalue weighted by molar-refractivity contribution is -0.192. The summed E-state index contributed by atoms with van der Waals surface area (Å²) in [6, 6.07) is 14.1. The van der Waals surface area contributed by atoms with Gasteiger partial charge >= 0.3 is 12.1 Å². The second-order valence-corrected chi connectivity index (χ2v) is 10.7. The molecule has 0 heterocycles. The highest BCUT2D eigenvalue weighted by Gasteiger charge is 2.51. The van der Waals surface area contributed by atoms with E-state index < -0.39 is 27.6 Å². The lowest BCUT2D eigenvalue weighted by atomic mass is 9.94. The summed E-state index contributed by atoms with van der Waals surface area (Å²) in [5.41, 5.74) is 2.07. The predicted molar refractivity (Wildman–Crippen MR) is 130 cm³/mol. The molecule has 2 aromatic carbocycles. The second-order valence-electron chi connectivity index (χ2n) is 9.00. The molecule has 0 atom stereocenters. The van der Waals surface area contributed by atoms with E-state index in [2.05, 4.69) is 23.9 Å². The van der Waals surface area contributed by atoms with E-state index in [1.165, 1.54) is 0 Å². The highest BCUT2D eigenvalue weighted by molar-refractivity contribution is 7.92. The van der Waals surface area contributed by atoms with Crippen LogP contribution in [0.1, 0.15) is 51.2 Å². The van der Waals surface area contributed by atoms with Gasteiger partial charge in [-0.15, -0.1) is 0 Å². The molecule has 3 N–H and O–H groups in total. The molecule has 0 aliphatic heterocycles. The molecule has 3 rings (SSSR count). The van der Waals surface area contributed by atoms with Crippen LogP contribution in [-0.4, -0.2) is 38.1 Å². The Balaban J connectivity index is 0.000000572. The topological polar surface area (TPSA) is 113 Å². The van der Waals surface area contributed by atoms with Gasteiger partial charge in [-0.2, -0.15) is 13.2 Å². The number of benzene rings is 2. The van der Waals surface area contributed by atoms with Crippen molar-refractivity contribution in [2.75, 3.05) is 11.3 Å². The number of carbonyl (C=O) groups excluding carboxylic acids is 1. The van der Waals surface area contributed by atoms with Gasteiger partial charge in [0.1, 0.15) is 0 Å². The number of carboxylic acid groups (broad SMARTS) is 1. The van der Waals surface area contributed by atoms with Crippen molar-refractivity contribution in [2.45, 2.75) is 62.9 Å². The highest BCUT2D eigenvalue weighted by Crippen LogP contribution is 2.48. The van der Waals surface area contributed by atoms with Crippen LogP contribution in [-0.2, 0) is 31.4 Å². The molecule has 1 aliphatic rings. The number of nitrogens with one attached hydrogen (secondary N) is 2. The van der Waals surface area contributed by atoms with Crippen LogP contribution < -0.4 is 10.0 Å². The molecular weight excluding hydrogens is 497 g/mol. The van der Waals surface area contributed by atoms with Gasteiger partial charge in [0.25, 0.3) is 10.0 Å². The van der Waals surface area contributed by atoms with Gasteiger partial charge in [0.05, 0.1) is 10.3 Å². The molecule has 7 nitrogen and oxygen atoms in total. The Labute approximate surface area is 209 Å². The maximum absolute atomic E-state index is 12.6. The maximum Gasteiger partial charge on any atom is 0.490 e. The van der Waals surface area contributed by atoms with Crippen molar-refractivity contribution < 1.29 is 36.3 Å². The SMILES string of the molecule is CCc1ccc(S(=O)(=O)Nc2ccc(C3(C(=O)NCCC(C)C)CC3)cc2)cc1.O=C(O)C(F)(F)F. The van der Waals surface area contributed by atoms with Gasteiger partial charge in [-0.05, 0) is 67.0 Å². The number of amides is 1. The molecule has 0 bridgehead atoms. The van der Waals surface area contributed by atoms with Crippen molar-refractivity contribution >= 4 is 27.6 Å². The van der Waals surface area contributed by atoms with Crippen LogP contribution in [0, 0.1) is 5.92 Å². The molecule has 11 heteroatoms. The van der Waals surface area contributed by atoms with Crippen molar-refractivity contribution in [1.29, 1.82) is 0 Å². The summed E-state index contributed by atoms with van der Waals surface area (Å²) in [5, 5.41) is 10.2. The number of aliphatic carboxylic acids is 1. The standard InChI is InChI=1S/C23H30N2O3S.C2HF3O2/c1-4-18-5-11-21(12-6-18)29(27,28)25-20-9-7-19(8-10-20)23(14-15-23)22(26)24-16-13-17(2)3;3-2(4,5)1(6)7/h5-12,17,25H,4,13-16H2,1-3H3,(H,24,26);(H,6,7). The van der Waals surface area contributed by atoms with Crippen LogP contribution in [0.5, 0.6) is 0 Å². The summed E-state index contributed by atoms with van der Waals surface area (Å²) < 4.78 is 59.6. The largest absolute Gasteiger partial charge is 0.490 e. The van der Waals surface area contributed by atoms with Gasteiger partial charge in [-0.1, -0.05) is 45.0 Å². The van der Waals surface area contributed by atoms with E-state index in [1.54, 1.807) is 24.3 Å². The minimum atomic E-state index is -5.08. The maximum atomic E-state index is 12.6. The molecule has 1 amide bonds. The highest BCUT2D eigenvalue weighted by atomic mass is 32.2. The van der Waals surface area contributed by atoms with Crippen molar-refractivity contribution in [3.05, 3.63) is 59.7 Å². The monoisotopic (exact) mass is 528 g/mol. The first-order valence-electron chi connectivity index (χ1n) is 11.5. The van der Waals surface area contributed by atoms with Crippen LogP contribution in [0.4, 0.5) is 18.9 Å². The van der Waals surface area contributed by atoms with Gasteiger partial charge in [0, 0.05) is 12.2 Å². The number of rotatable bonds is 9. The number of carboxylic acids is 1. The minimum Gasteiger partial charge on any atom is -0.475 e. The van der Waals surface area contributed by atoms with Gasteiger partial charge in [-0.25, -0.2) is 13.2 Å². The summed E-state index contributed by atoms with van der Waals surface area (Å²) in [4.78, 5) is 21.8. The predicted octanol–water partition coefficient (Wildman–Crippen LogP) is 4.88. The summed E-state index contributed by atoms with van der Waals surface area (Å²) in [6.07, 6.45) is -1.60. The number of hydrogen-bond donors (Lipinski definition) is 3. The Bertz CT molecular complexity index is 1140. The third-order valence-corrected chi connectivity index (χ3v) is 7.16. The second kappa shape index (κ2) is 11.8. The number of sulfonamides is 1. The molecule has 2 aromatic rings. The first-order chi connectivity index (χ1) is 16.7. The first-order valence-corrected chi connectivity index (χ1v) is 13.0. The average molecular weight is 529 g/mol. The average Bonchev–Trinajstić information content (AvgIpc) is 3.61. The number of aryl methyl sites for hydroxylation is 1. The van der Waals surface area contributed by atoms with Crippen LogP contribution in [0.15, 0.2) is 53.4 Å². The molecule has 0 unspecified atom stereocenters. The van der Waals surface area contributed by atoms with Crippen LogP contribution in [0.25, 0.3) is 0 Å². The number of hydrogen-bond acceptors (Lipinski definition) is 4. The third-order valence-electron chi connectivity index (χ3n) is 5.77. The van der Waals surface area contributed by atoms with E-state index in [4.69, 9.17) is 9.90 Å². The minimum absolute atomic E-state index is 0.0718. The summed E-state index contributed by atoms with van der Waals surface area (Å²) in [7, 11) is -3.64. The summed E-state index contributed by atoms with van der Waals surface area (Å²) in [6.45, 7) is 6.99. The van der Waals surface area contributed by atoms with E-state index in [0.717, 1.165) is 36.8 Å². The smallest absolute Gasteiger partial charge is 0.475 e. The molecule has 0 radical (unpaired) electrons. The van der Waals surface area contributed by atoms with E-state index >= 15 is 0 Å². The van der Waals surface area contributed by atoms with Gasteiger partial charge in [0.15, 0.2) is 0 Å². The van der Waals surface area contributed by atoms with E-state index in [1.807, 2.05) is 31.2 Å². The normalized spacial score (nSPS) is 14.4. The molecule has 0 saturated heterocycles. The van der Waals surface area contributed by atoms with Crippen molar-refractivity contribution in [1.82, 2.24) is 5.32 Å². The quantitative estimate of drug-likeness (QED) is 0.430. The number of carbonyl (C=O) groups is 2. The molecule has 1 aliphatic carbocycles. The number of alkyl halides is 3. The Kier molecular flexibility index (Phi) is 9.53. The van der Waals surface area contributed by atoms with E-state index in [0.29, 0.717) is 18.2 Å². The van der Waals surface area contributed by atoms with Crippen molar-refractivity contribution in [3.8, 4) is 0 Å². The number of anilines is 1. The van der Waals surface area contributed by atoms with Gasteiger partial charge in [0.2, 0.25) is 5.91 Å². The van der Waals surface area contributed by atoms with Crippen LogP contribution in [0.3, 0.4) is 0 Å². The molecule has 36 heavy (non-hydrogen) atoms. The first kappa shape index (κ1) is 29.2. The molecule has 1 fully saturated rings. The summed E-state index contributed by atoms with van der Waals surface area (Å²) >= 11 is 0. The fourth-order valence-electron chi connectivity index (χ4n) is 3.39. The number of halogens is 3. The lowest BCUT2D eigenvalue weighted by Crippen LogP contribution is -2.35. The third kappa shape index (κ3) is 7.97.